The highest BCUT2D eigenvalue weighted by Gasteiger charge is 2.24. The van der Waals surface area contributed by atoms with Crippen LogP contribution in [0.5, 0.6) is 0 Å². The van der Waals surface area contributed by atoms with Crippen LogP contribution in [0.15, 0.2) is 36.5 Å². The summed E-state index contributed by atoms with van der Waals surface area (Å²) >= 11 is 0. The fourth-order valence-corrected chi connectivity index (χ4v) is 3.45. The smallest absolute Gasteiger partial charge is 0.272 e. The Hall–Kier alpha value is -2.93. The zero-order valence-electron chi connectivity index (χ0n) is 17.3. The molecule has 1 aromatic heterocycles. The zero-order valence-corrected chi connectivity index (χ0v) is 17.3. The number of hydrogen-bond acceptors (Lipinski definition) is 5. The van der Waals surface area contributed by atoms with Crippen molar-refractivity contribution >= 4 is 17.5 Å². The van der Waals surface area contributed by atoms with Crippen LogP contribution in [-0.2, 0) is 4.74 Å². The van der Waals surface area contributed by atoms with Gasteiger partial charge in [0.1, 0.15) is 5.69 Å². The first-order chi connectivity index (χ1) is 14.0. The predicted octanol–water partition coefficient (Wildman–Crippen LogP) is 2.04. The number of methoxy groups -OCH3 is 1. The van der Waals surface area contributed by atoms with Crippen molar-refractivity contribution in [3.8, 4) is 0 Å². The number of nitrogens with zero attached hydrogens (tertiary/aromatic N) is 3. The standard InChI is InChI=1S/C22H28N4O3/c1-16-5-4-6-20(17(16)2)25-10-12-26(13-11-25)22(28)19-15-18(7-8-23-19)21(27)24-9-14-29-3/h4-8,15H,9-14H2,1-3H3,(H,24,27). The number of pyridine rings is 1. The van der Waals surface area contributed by atoms with Crippen LogP contribution in [-0.4, -0.2) is 68.1 Å². The molecule has 1 fully saturated rings. The Kier molecular flexibility index (Phi) is 6.82. The lowest BCUT2D eigenvalue weighted by Gasteiger charge is -2.37. The minimum atomic E-state index is -0.238. The quantitative estimate of drug-likeness (QED) is 0.757. The lowest BCUT2D eigenvalue weighted by atomic mass is 10.1. The maximum atomic E-state index is 12.9. The van der Waals surface area contributed by atoms with Crippen LogP contribution in [0.4, 0.5) is 5.69 Å². The van der Waals surface area contributed by atoms with E-state index in [9.17, 15) is 9.59 Å². The van der Waals surface area contributed by atoms with Gasteiger partial charge in [-0.2, -0.15) is 0 Å². The number of carbonyl (C=O) groups excluding carboxylic acids is 2. The zero-order chi connectivity index (χ0) is 20.8. The van der Waals surface area contributed by atoms with E-state index in [2.05, 4.69) is 47.2 Å². The molecule has 7 nitrogen and oxygen atoms in total. The second-order valence-electron chi connectivity index (χ2n) is 7.18. The Morgan fingerprint density at radius 1 is 1.14 bits per heavy atom. The number of anilines is 1. The summed E-state index contributed by atoms with van der Waals surface area (Å²) < 4.78 is 4.93. The Morgan fingerprint density at radius 3 is 2.62 bits per heavy atom. The molecule has 0 aliphatic carbocycles. The molecule has 29 heavy (non-hydrogen) atoms. The van der Waals surface area contributed by atoms with Crippen LogP contribution in [0.25, 0.3) is 0 Å². The van der Waals surface area contributed by atoms with E-state index in [0.29, 0.717) is 37.5 Å². The highest BCUT2D eigenvalue weighted by molar-refractivity contribution is 5.98. The van der Waals surface area contributed by atoms with Crippen molar-refractivity contribution in [3.05, 3.63) is 58.9 Å². The fraction of sp³-hybridized carbons (Fsp3) is 0.409. The molecule has 0 unspecified atom stereocenters. The normalized spacial score (nSPS) is 14.0. The number of hydrogen-bond donors (Lipinski definition) is 1. The summed E-state index contributed by atoms with van der Waals surface area (Å²) in [5.41, 5.74) is 4.50. The largest absolute Gasteiger partial charge is 0.383 e. The van der Waals surface area contributed by atoms with E-state index in [1.165, 1.54) is 23.0 Å². The van der Waals surface area contributed by atoms with Gasteiger partial charge in [-0.25, -0.2) is 0 Å². The van der Waals surface area contributed by atoms with Gasteiger partial charge in [0.25, 0.3) is 11.8 Å². The number of aromatic nitrogens is 1. The summed E-state index contributed by atoms with van der Waals surface area (Å²) in [6.07, 6.45) is 1.50. The molecule has 2 aromatic rings. The first kappa shape index (κ1) is 20.8. The number of carbonyl (C=O) groups is 2. The molecule has 154 valence electrons. The van der Waals surface area contributed by atoms with E-state index in [0.717, 1.165) is 13.1 Å². The minimum absolute atomic E-state index is 0.142. The average molecular weight is 396 g/mol. The molecule has 0 radical (unpaired) electrons. The molecule has 0 bridgehead atoms. The summed E-state index contributed by atoms with van der Waals surface area (Å²) in [7, 11) is 1.58. The topological polar surface area (TPSA) is 74.8 Å². The van der Waals surface area contributed by atoms with Crippen molar-refractivity contribution in [1.82, 2.24) is 15.2 Å². The van der Waals surface area contributed by atoms with Gasteiger partial charge in [-0.15, -0.1) is 0 Å². The van der Waals surface area contributed by atoms with E-state index in [4.69, 9.17) is 4.74 Å². The number of amides is 2. The summed E-state index contributed by atoms with van der Waals surface area (Å²) in [6, 6.07) is 9.48. The number of nitrogens with one attached hydrogen (secondary N) is 1. The predicted molar refractivity (Wildman–Crippen MR) is 112 cm³/mol. The number of aryl methyl sites for hydroxylation is 1. The summed E-state index contributed by atoms with van der Waals surface area (Å²) in [5.74, 6) is -0.379. The van der Waals surface area contributed by atoms with Gasteiger partial charge in [-0.05, 0) is 43.2 Å². The van der Waals surface area contributed by atoms with Crippen LogP contribution in [0.2, 0.25) is 0 Å². The van der Waals surface area contributed by atoms with Gasteiger partial charge in [-0.1, -0.05) is 12.1 Å². The van der Waals surface area contributed by atoms with Crippen LogP contribution < -0.4 is 10.2 Å². The number of ether oxygens (including phenoxy) is 1. The molecule has 1 N–H and O–H groups in total. The lowest BCUT2D eigenvalue weighted by molar-refractivity contribution is 0.0741. The minimum Gasteiger partial charge on any atom is -0.383 e. The van der Waals surface area contributed by atoms with Gasteiger partial charge in [0.2, 0.25) is 0 Å². The van der Waals surface area contributed by atoms with Crippen LogP contribution >= 0.6 is 0 Å². The maximum Gasteiger partial charge on any atom is 0.272 e. The van der Waals surface area contributed by atoms with Crippen LogP contribution in [0, 0.1) is 13.8 Å². The Balaban J connectivity index is 1.63. The summed E-state index contributed by atoms with van der Waals surface area (Å²) in [4.78, 5) is 33.4. The number of piperazine rings is 1. The van der Waals surface area contributed by atoms with Gasteiger partial charge >= 0.3 is 0 Å². The maximum absolute atomic E-state index is 12.9. The molecular weight excluding hydrogens is 368 g/mol. The van der Waals surface area contributed by atoms with Crippen molar-refractivity contribution < 1.29 is 14.3 Å². The SMILES string of the molecule is COCCNC(=O)c1ccnc(C(=O)N2CCN(c3cccc(C)c3C)CC2)c1. The van der Waals surface area contributed by atoms with Crippen LogP contribution in [0.1, 0.15) is 32.0 Å². The molecule has 1 aliphatic heterocycles. The van der Waals surface area contributed by atoms with E-state index in [-0.39, 0.29) is 11.8 Å². The van der Waals surface area contributed by atoms with Gasteiger partial charge < -0.3 is 19.9 Å². The van der Waals surface area contributed by atoms with Gasteiger partial charge in [0, 0.05) is 57.3 Å². The van der Waals surface area contributed by atoms with Crippen molar-refractivity contribution in [1.29, 1.82) is 0 Å². The van der Waals surface area contributed by atoms with Crippen LogP contribution in [0.3, 0.4) is 0 Å². The van der Waals surface area contributed by atoms with E-state index in [1.807, 2.05) is 0 Å². The van der Waals surface area contributed by atoms with E-state index in [1.54, 1.807) is 24.1 Å². The van der Waals surface area contributed by atoms with Gasteiger partial charge in [-0.3, -0.25) is 14.6 Å². The molecule has 0 spiro atoms. The molecule has 1 saturated heterocycles. The molecular formula is C22H28N4O3. The Labute approximate surface area is 171 Å². The van der Waals surface area contributed by atoms with Crippen molar-refractivity contribution in [2.24, 2.45) is 0 Å². The third-order valence-corrected chi connectivity index (χ3v) is 5.32. The third kappa shape index (κ3) is 4.92. The highest BCUT2D eigenvalue weighted by Crippen LogP contribution is 2.24. The third-order valence-electron chi connectivity index (χ3n) is 5.32. The number of benzene rings is 1. The fourth-order valence-electron chi connectivity index (χ4n) is 3.45. The van der Waals surface area contributed by atoms with Gasteiger partial charge in [0.05, 0.1) is 6.61 Å². The lowest BCUT2D eigenvalue weighted by Crippen LogP contribution is -2.49. The summed E-state index contributed by atoms with van der Waals surface area (Å²) in [5, 5.41) is 2.76. The van der Waals surface area contributed by atoms with Gasteiger partial charge in [0.15, 0.2) is 0 Å². The molecule has 1 aromatic carbocycles. The monoisotopic (exact) mass is 396 g/mol. The Morgan fingerprint density at radius 2 is 1.90 bits per heavy atom. The first-order valence-corrected chi connectivity index (χ1v) is 9.85. The molecule has 3 rings (SSSR count). The molecule has 2 amide bonds. The van der Waals surface area contributed by atoms with Crippen molar-refractivity contribution in [2.45, 2.75) is 13.8 Å². The second-order valence-corrected chi connectivity index (χ2v) is 7.18. The molecule has 1 aliphatic rings. The summed E-state index contributed by atoms with van der Waals surface area (Å²) in [6.45, 7) is 7.89. The molecule has 0 saturated carbocycles. The molecule has 0 atom stereocenters. The van der Waals surface area contributed by atoms with E-state index < -0.39 is 0 Å². The van der Waals surface area contributed by atoms with Crippen molar-refractivity contribution in [2.75, 3.05) is 51.3 Å². The average Bonchev–Trinajstić information content (AvgIpc) is 2.75. The second kappa shape index (κ2) is 9.52. The molecule has 2 heterocycles. The highest BCUT2D eigenvalue weighted by atomic mass is 16.5. The van der Waals surface area contributed by atoms with E-state index >= 15 is 0 Å². The van der Waals surface area contributed by atoms with Crippen molar-refractivity contribution in [3.63, 3.8) is 0 Å². The Bertz CT molecular complexity index is 876. The molecule has 7 heteroatoms. The number of rotatable bonds is 6. The first-order valence-electron chi connectivity index (χ1n) is 9.85.